The van der Waals surface area contributed by atoms with Crippen LogP contribution in [-0.4, -0.2) is 43.5 Å². The Morgan fingerprint density at radius 1 is 0.805 bits per heavy atom. The summed E-state index contributed by atoms with van der Waals surface area (Å²) in [5.74, 6) is 2.37. The smallest absolute Gasteiger partial charge is 0.200 e. The fourth-order valence-electron chi connectivity index (χ4n) is 5.63. The number of ether oxygens (including phenoxy) is 3. The number of phenols is 1. The van der Waals surface area contributed by atoms with Gasteiger partial charge in [0.05, 0.1) is 14.2 Å². The van der Waals surface area contributed by atoms with E-state index in [0.717, 1.165) is 37.2 Å². The maximum atomic E-state index is 10.4. The number of aryl methyl sites for hydroxylation is 2. The van der Waals surface area contributed by atoms with Crippen molar-refractivity contribution >= 4 is 0 Å². The number of benzene rings is 2. The highest BCUT2D eigenvalue weighted by atomic mass is 16.5. The number of hydrogen-bond acceptors (Lipinski definition) is 5. The van der Waals surface area contributed by atoms with Crippen molar-refractivity contribution in [3.8, 4) is 23.0 Å². The summed E-state index contributed by atoms with van der Waals surface area (Å²) in [7, 11) is 3.17. The molecule has 5 rings (SSSR count). The van der Waals surface area contributed by atoms with E-state index >= 15 is 0 Å². The molecular weight excluding hydrogens is 510 g/mol. The molecular formula is C36H61NO4. The number of rotatable bonds is 5. The van der Waals surface area contributed by atoms with Crippen LogP contribution in [0.4, 0.5) is 0 Å². The molecule has 0 radical (unpaired) electrons. The van der Waals surface area contributed by atoms with Gasteiger partial charge < -0.3 is 19.3 Å². The molecule has 0 aromatic heterocycles. The van der Waals surface area contributed by atoms with Crippen LogP contribution in [0.5, 0.6) is 23.0 Å². The van der Waals surface area contributed by atoms with Gasteiger partial charge in [0, 0.05) is 30.5 Å². The lowest BCUT2D eigenvalue weighted by molar-refractivity contribution is -0.0178. The molecule has 0 amide bonds. The second-order valence-corrected chi connectivity index (χ2v) is 10.6. The summed E-state index contributed by atoms with van der Waals surface area (Å²) in [5.41, 5.74) is 5.23. The SMILES string of the molecule is CC.CC.CCC.CCCC.COc1cc(C2c3cc4c(cc3OC(N3CCCC3)C2C)CCC4)cc(OC)c1O. The van der Waals surface area contributed by atoms with E-state index in [0.29, 0.717) is 11.5 Å². The minimum Gasteiger partial charge on any atom is -0.502 e. The van der Waals surface area contributed by atoms with Crippen molar-refractivity contribution in [2.45, 2.75) is 126 Å². The molecule has 3 atom stereocenters. The summed E-state index contributed by atoms with van der Waals surface area (Å²) in [4.78, 5) is 2.49. The Kier molecular flexibility index (Phi) is 17.6. The summed E-state index contributed by atoms with van der Waals surface area (Å²) >= 11 is 0. The molecule has 0 saturated carbocycles. The van der Waals surface area contributed by atoms with Gasteiger partial charge >= 0.3 is 0 Å². The Morgan fingerprint density at radius 3 is 1.76 bits per heavy atom. The maximum Gasteiger partial charge on any atom is 0.200 e. The molecule has 41 heavy (non-hydrogen) atoms. The summed E-state index contributed by atoms with van der Waals surface area (Å²) in [5, 5.41) is 10.4. The van der Waals surface area contributed by atoms with Crippen LogP contribution in [0.15, 0.2) is 24.3 Å². The van der Waals surface area contributed by atoms with E-state index < -0.39 is 0 Å². The molecule has 0 bridgehead atoms. The molecule has 1 saturated heterocycles. The van der Waals surface area contributed by atoms with Crippen molar-refractivity contribution in [1.29, 1.82) is 0 Å². The first kappa shape index (κ1) is 36.6. The van der Waals surface area contributed by atoms with Gasteiger partial charge in [-0.05, 0) is 67.0 Å². The molecule has 234 valence electrons. The van der Waals surface area contributed by atoms with Crippen LogP contribution >= 0.6 is 0 Å². The fraction of sp³-hybridized carbons (Fsp3) is 0.667. The van der Waals surface area contributed by atoms with Crippen LogP contribution in [0.1, 0.15) is 129 Å². The molecule has 5 nitrogen and oxygen atoms in total. The highest BCUT2D eigenvalue weighted by Gasteiger charge is 2.41. The molecule has 0 spiro atoms. The first-order valence-electron chi connectivity index (χ1n) is 16.4. The summed E-state index contributed by atoms with van der Waals surface area (Å²) in [6, 6.07) is 8.57. The largest absolute Gasteiger partial charge is 0.502 e. The first-order chi connectivity index (χ1) is 19.9. The fourth-order valence-corrected chi connectivity index (χ4v) is 5.63. The minimum atomic E-state index is 0.0498. The van der Waals surface area contributed by atoms with Crippen molar-refractivity contribution in [1.82, 2.24) is 4.90 Å². The Balaban J connectivity index is 0.000000672. The van der Waals surface area contributed by atoms with Crippen LogP contribution in [-0.2, 0) is 12.8 Å². The van der Waals surface area contributed by atoms with Crippen molar-refractivity contribution in [3.63, 3.8) is 0 Å². The van der Waals surface area contributed by atoms with Crippen molar-refractivity contribution in [3.05, 3.63) is 46.5 Å². The third kappa shape index (κ3) is 9.30. The Bertz CT molecular complexity index is 972. The van der Waals surface area contributed by atoms with E-state index in [1.807, 2.05) is 39.8 Å². The zero-order valence-corrected chi connectivity index (χ0v) is 28.2. The molecule has 2 aromatic rings. The summed E-state index contributed by atoms with van der Waals surface area (Å²) in [6.07, 6.45) is 9.90. The Morgan fingerprint density at radius 2 is 1.29 bits per heavy atom. The number of unbranched alkanes of at least 4 members (excludes halogenated alkanes) is 1. The van der Waals surface area contributed by atoms with Gasteiger partial charge in [0.25, 0.3) is 0 Å². The van der Waals surface area contributed by atoms with Gasteiger partial charge in [0.1, 0.15) is 5.75 Å². The number of phenolic OH excluding ortho intramolecular Hbond substituents is 1. The molecule has 3 aliphatic rings. The van der Waals surface area contributed by atoms with E-state index in [1.54, 1.807) is 14.2 Å². The van der Waals surface area contributed by atoms with E-state index in [4.69, 9.17) is 14.2 Å². The topological polar surface area (TPSA) is 51.2 Å². The van der Waals surface area contributed by atoms with E-state index in [1.165, 1.54) is 55.2 Å². The third-order valence-corrected chi connectivity index (χ3v) is 7.64. The highest BCUT2D eigenvalue weighted by Crippen LogP contribution is 2.50. The second-order valence-electron chi connectivity index (χ2n) is 10.6. The monoisotopic (exact) mass is 571 g/mol. The lowest BCUT2D eigenvalue weighted by Gasteiger charge is -2.42. The van der Waals surface area contributed by atoms with E-state index in [-0.39, 0.29) is 23.8 Å². The Labute approximate surface area is 252 Å². The normalized spacial score (nSPS) is 20.1. The summed E-state index contributed by atoms with van der Waals surface area (Å²) in [6.45, 7) is 21.1. The number of aromatic hydroxyl groups is 1. The van der Waals surface area contributed by atoms with Crippen LogP contribution in [0.2, 0.25) is 0 Å². The first-order valence-corrected chi connectivity index (χ1v) is 16.4. The third-order valence-electron chi connectivity index (χ3n) is 7.64. The number of hydrogen-bond donors (Lipinski definition) is 1. The molecule has 5 heteroatoms. The lowest BCUT2D eigenvalue weighted by atomic mass is 9.77. The number of nitrogens with zero attached hydrogens (tertiary/aromatic N) is 1. The molecule has 1 aliphatic carbocycles. The van der Waals surface area contributed by atoms with E-state index in [2.05, 4.69) is 51.7 Å². The predicted molar refractivity (Wildman–Crippen MR) is 175 cm³/mol. The van der Waals surface area contributed by atoms with Gasteiger partial charge in [-0.3, -0.25) is 4.90 Å². The Hall–Kier alpha value is -2.40. The van der Waals surface area contributed by atoms with Gasteiger partial charge in [-0.2, -0.15) is 0 Å². The van der Waals surface area contributed by atoms with Crippen LogP contribution < -0.4 is 14.2 Å². The van der Waals surface area contributed by atoms with Crippen LogP contribution in [0.25, 0.3) is 0 Å². The van der Waals surface area contributed by atoms with Crippen molar-refractivity contribution < 1.29 is 19.3 Å². The van der Waals surface area contributed by atoms with Crippen molar-refractivity contribution in [2.75, 3.05) is 27.3 Å². The summed E-state index contributed by atoms with van der Waals surface area (Å²) < 4.78 is 17.6. The quantitative estimate of drug-likeness (QED) is 0.387. The zero-order chi connectivity index (χ0) is 30.9. The molecule has 2 heterocycles. The average molecular weight is 572 g/mol. The van der Waals surface area contributed by atoms with Gasteiger partial charge in [0.15, 0.2) is 17.7 Å². The number of likely N-dealkylation sites (tertiary alicyclic amines) is 1. The molecule has 3 unspecified atom stereocenters. The lowest BCUT2D eigenvalue weighted by Crippen LogP contribution is -2.47. The van der Waals surface area contributed by atoms with Gasteiger partial charge in [0.2, 0.25) is 5.75 Å². The van der Waals surface area contributed by atoms with Crippen LogP contribution in [0.3, 0.4) is 0 Å². The standard InChI is InChI=1S/C25H31NO4.C4H10.C3H8.2C2H6/c1-15-23(18-13-21(28-2)24(27)22(14-18)29-3)19-11-16-7-6-8-17(16)12-20(19)30-25(15)26-9-4-5-10-26;1-3-4-2;1-3-2;2*1-2/h11-15,23,25,27H,4-10H2,1-3H3;3-4H2,1-2H3;3H2,1-2H3;2*1-2H3. The molecule has 2 aromatic carbocycles. The van der Waals surface area contributed by atoms with Gasteiger partial charge in [-0.1, -0.05) is 87.6 Å². The maximum absolute atomic E-state index is 10.4. The van der Waals surface area contributed by atoms with Crippen molar-refractivity contribution in [2.24, 2.45) is 5.92 Å². The van der Waals surface area contributed by atoms with Gasteiger partial charge in [-0.25, -0.2) is 0 Å². The number of methoxy groups -OCH3 is 2. The van der Waals surface area contributed by atoms with E-state index in [9.17, 15) is 5.11 Å². The molecule has 1 fully saturated rings. The molecule has 1 N–H and O–H groups in total. The predicted octanol–water partition coefficient (Wildman–Crippen LogP) is 9.76. The zero-order valence-electron chi connectivity index (χ0n) is 28.2. The molecule has 2 aliphatic heterocycles. The number of fused-ring (bicyclic) bond motifs is 2. The van der Waals surface area contributed by atoms with Gasteiger partial charge in [-0.15, -0.1) is 0 Å². The highest BCUT2D eigenvalue weighted by molar-refractivity contribution is 5.57. The second kappa shape index (κ2) is 19.7. The average Bonchev–Trinajstić information content (AvgIpc) is 3.71. The minimum absolute atomic E-state index is 0.0498. The van der Waals surface area contributed by atoms with Crippen LogP contribution in [0, 0.1) is 5.92 Å².